The van der Waals surface area contributed by atoms with Gasteiger partial charge in [-0.05, 0) is 19.9 Å². The summed E-state index contributed by atoms with van der Waals surface area (Å²) >= 11 is 0. The fourth-order valence-electron chi connectivity index (χ4n) is 1.61. The lowest BCUT2D eigenvalue weighted by Crippen LogP contribution is -2.13. The molecule has 1 aliphatic rings. The van der Waals surface area contributed by atoms with E-state index in [2.05, 4.69) is 10.5 Å². The Hall–Kier alpha value is -0.830. The van der Waals surface area contributed by atoms with E-state index in [4.69, 9.17) is 4.52 Å². The minimum atomic E-state index is 0.673. The zero-order valence-electron chi connectivity index (χ0n) is 7.34. The summed E-state index contributed by atoms with van der Waals surface area (Å²) < 4.78 is 4.97. The summed E-state index contributed by atoms with van der Waals surface area (Å²) in [7, 11) is 1.94. The Morgan fingerprint density at radius 2 is 2.50 bits per heavy atom. The summed E-state index contributed by atoms with van der Waals surface area (Å²) in [4.78, 5) is 0. The first-order valence-electron chi connectivity index (χ1n) is 4.49. The lowest BCUT2D eigenvalue weighted by atomic mass is 9.81. The molecule has 66 valence electrons. The van der Waals surface area contributed by atoms with Crippen molar-refractivity contribution in [3.05, 3.63) is 17.5 Å². The van der Waals surface area contributed by atoms with Crippen LogP contribution in [0.5, 0.6) is 0 Å². The standard InChI is InChI=1S/C9H14N2O/c1-10-5-8-6-12-11-9(8)7-3-2-4-7/h6-7,10H,2-5H2,1H3. The molecular formula is C9H14N2O. The second kappa shape index (κ2) is 3.27. The quantitative estimate of drug-likeness (QED) is 0.742. The minimum absolute atomic E-state index is 0.673. The predicted molar refractivity (Wildman–Crippen MR) is 45.9 cm³/mol. The number of aromatic nitrogens is 1. The highest BCUT2D eigenvalue weighted by Gasteiger charge is 2.24. The topological polar surface area (TPSA) is 38.1 Å². The molecule has 0 spiro atoms. The summed E-state index contributed by atoms with van der Waals surface area (Å²) in [6.45, 7) is 0.870. The van der Waals surface area contributed by atoms with E-state index in [0.29, 0.717) is 5.92 Å². The van der Waals surface area contributed by atoms with E-state index < -0.39 is 0 Å². The third-order valence-electron chi connectivity index (χ3n) is 2.53. The van der Waals surface area contributed by atoms with E-state index in [0.717, 1.165) is 6.54 Å². The van der Waals surface area contributed by atoms with Gasteiger partial charge in [0.25, 0.3) is 0 Å². The summed E-state index contributed by atoms with van der Waals surface area (Å²) in [5, 5.41) is 7.16. The van der Waals surface area contributed by atoms with Crippen LogP contribution in [0.1, 0.15) is 36.4 Å². The maximum Gasteiger partial charge on any atom is 0.128 e. The maximum atomic E-state index is 4.97. The maximum absolute atomic E-state index is 4.97. The van der Waals surface area contributed by atoms with Crippen molar-refractivity contribution in [2.45, 2.75) is 31.7 Å². The lowest BCUT2D eigenvalue weighted by molar-refractivity contribution is 0.363. The summed E-state index contributed by atoms with van der Waals surface area (Å²) in [5.74, 6) is 0.673. The molecule has 12 heavy (non-hydrogen) atoms. The van der Waals surface area contributed by atoms with Crippen LogP contribution in [-0.2, 0) is 6.54 Å². The van der Waals surface area contributed by atoms with Gasteiger partial charge in [-0.15, -0.1) is 0 Å². The first kappa shape index (κ1) is 7.80. The van der Waals surface area contributed by atoms with Crippen LogP contribution < -0.4 is 5.32 Å². The third kappa shape index (κ3) is 1.25. The fraction of sp³-hybridized carbons (Fsp3) is 0.667. The number of hydrogen-bond acceptors (Lipinski definition) is 3. The number of hydrogen-bond donors (Lipinski definition) is 1. The van der Waals surface area contributed by atoms with Gasteiger partial charge in [-0.25, -0.2) is 0 Å². The average Bonchev–Trinajstić information content (AvgIpc) is 2.35. The van der Waals surface area contributed by atoms with Gasteiger partial charge in [0.05, 0.1) is 5.69 Å². The van der Waals surface area contributed by atoms with E-state index in [1.165, 1.54) is 30.5 Å². The molecule has 1 aromatic rings. The van der Waals surface area contributed by atoms with Crippen LogP contribution in [0.25, 0.3) is 0 Å². The van der Waals surface area contributed by atoms with Gasteiger partial charge in [0.15, 0.2) is 0 Å². The van der Waals surface area contributed by atoms with Gasteiger partial charge < -0.3 is 9.84 Å². The second-order valence-electron chi connectivity index (χ2n) is 3.38. The molecule has 3 heteroatoms. The van der Waals surface area contributed by atoms with Gasteiger partial charge in [0, 0.05) is 18.0 Å². The first-order chi connectivity index (χ1) is 5.92. The van der Waals surface area contributed by atoms with Gasteiger partial charge >= 0.3 is 0 Å². The molecule has 1 heterocycles. The van der Waals surface area contributed by atoms with Crippen molar-refractivity contribution < 1.29 is 4.52 Å². The number of rotatable bonds is 3. The van der Waals surface area contributed by atoms with E-state index in [9.17, 15) is 0 Å². The largest absolute Gasteiger partial charge is 0.364 e. The van der Waals surface area contributed by atoms with Crippen LogP contribution in [0.15, 0.2) is 10.8 Å². The molecule has 1 aromatic heterocycles. The summed E-state index contributed by atoms with van der Waals surface area (Å²) in [5.41, 5.74) is 2.40. The molecule has 1 N–H and O–H groups in total. The van der Waals surface area contributed by atoms with E-state index in [1.54, 1.807) is 6.26 Å². The highest BCUT2D eigenvalue weighted by atomic mass is 16.5. The van der Waals surface area contributed by atoms with E-state index in [-0.39, 0.29) is 0 Å². The summed E-state index contributed by atoms with van der Waals surface area (Å²) in [6.07, 6.45) is 5.66. The van der Waals surface area contributed by atoms with E-state index >= 15 is 0 Å². The van der Waals surface area contributed by atoms with E-state index in [1.807, 2.05) is 7.05 Å². The molecule has 0 unspecified atom stereocenters. The molecule has 0 radical (unpaired) electrons. The van der Waals surface area contributed by atoms with Crippen molar-refractivity contribution in [3.8, 4) is 0 Å². The average molecular weight is 166 g/mol. The normalized spacial score (nSPS) is 17.8. The Balaban J connectivity index is 2.12. The van der Waals surface area contributed by atoms with Crippen LogP contribution in [0.3, 0.4) is 0 Å². The molecule has 0 amide bonds. The molecule has 0 saturated heterocycles. The van der Waals surface area contributed by atoms with Gasteiger partial charge in [-0.3, -0.25) is 0 Å². The van der Waals surface area contributed by atoms with Crippen molar-refractivity contribution in [2.75, 3.05) is 7.05 Å². The van der Waals surface area contributed by atoms with Crippen molar-refractivity contribution >= 4 is 0 Å². The smallest absolute Gasteiger partial charge is 0.128 e. The highest BCUT2D eigenvalue weighted by molar-refractivity contribution is 5.20. The van der Waals surface area contributed by atoms with Gasteiger partial charge in [0.1, 0.15) is 6.26 Å². The molecule has 3 nitrogen and oxygen atoms in total. The van der Waals surface area contributed by atoms with Crippen molar-refractivity contribution in [3.63, 3.8) is 0 Å². The van der Waals surface area contributed by atoms with Crippen molar-refractivity contribution in [1.82, 2.24) is 10.5 Å². The lowest BCUT2D eigenvalue weighted by Gasteiger charge is -2.23. The first-order valence-corrected chi connectivity index (χ1v) is 4.49. The molecule has 0 aliphatic heterocycles. The van der Waals surface area contributed by atoms with Crippen molar-refractivity contribution in [1.29, 1.82) is 0 Å². The molecule has 0 aromatic carbocycles. The van der Waals surface area contributed by atoms with Gasteiger partial charge in [-0.2, -0.15) is 0 Å². The number of nitrogens with one attached hydrogen (secondary N) is 1. The summed E-state index contributed by atoms with van der Waals surface area (Å²) in [6, 6.07) is 0. The monoisotopic (exact) mass is 166 g/mol. The van der Waals surface area contributed by atoms with Gasteiger partial charge in [0.2, 0.25) is 0 Å². The predicted octanol–water partition coefficient (Wildman–Crippen LogP) is 1.66. The van der Waals surface area contributed by atoms with Crippen LogP contribution in [0.2, 0.25) is 0 Å². The Labute approximate surface area is 72.1 Å². The molecule has 0 bridgehead atoms. The molecule has 1 fully saturated rings. The fourth-order valence-corrected chi connectivity index (χ4v) is 1.61. The zero-order chi connectivity index (χ0) is 8.39. The molecule has 1 aliphatic carbocycles. The van der Waals surface area contributed by atoms with Gasteiger partial charge in [-0.1, -0.05) is 11.6 Å². The zero-order valence-corrected chi connectivity index (χ0v) is 7.34. The molecule has 2 rings (SSSR count). The molecular weight excluding hydrogens is 152 g/mol. The second-order valence-corrected chi connectivity index (χ2v) is 3.38. The molecule has 1 saturated carbocycles. The Bertz CT molecular complexity index is 253. The van der Waals surface area contributed by atoms with Crippen molar-refractivity contribution in [2.24, 2.45) is 0 Å². The molecule has 0 atom stereocenters. The van der Waals surface area contributed by atoms with Crippen LogP contribution >= 0.6 is 0 Å². The SMILES string of the molecule is CNCc1conc1C1CCC1. The third-order valence-corrected chi connectivity index (χ3v) is 2.53. The number of nitrogens with zero attached hydrogens (tertiary/aromatic N) is 1. The van der Waals surface area contributed by atoms with Crippen LogP contribution in [-0.4, -0.2) is 12.2 Å². The van der Waals surface area contributed by atoms with Crippen LogP contribution in [0, 0.1) is 0 Å². The highest BCUT2D eigenvalue weighted by Crippen LogP contribution is 2.36. The van der Waals surface area contributed by atoms with Crippen LogP contribution in [0.4, 0.5) is 0 Å². The Morgan fingerprint density at radius 1 is 1.67 bits per heavy atom. The Kier molecular flexibility index (Phi) is 2.13. The minimum Gasteiger partial charge on any atom is -0.364 e. The Morgan fingerprint density at radius 3 is 3.08 bits per heavy atom.